The second-order valence-electron chi connectivity index (χ2n) is 16.1. The predicted molar refractivity (Wildman–Crippen MR) is 173 cm³/mol. The average molecular weight is 690 g/mol. The Morgan fingerprint density at radius 1 is 0.891 bits per heavy atom. The normalized spacial score (nSPS) is 26.7. The molecule has 2 fully saturated rings. The van der Waals surface area contributed by atoms with E-state index >= 15 is 0 Å². The van der Waals surface area contributed by atoms with Gasteiger partial charge in [0.2, 0.25) is 0 Å². The van der Waals surface area contributed by atoms with Gasteiger partial charge in [0.25, 0.3) is 0 Å². The van der Waals surface area contributed by atoms with E-state index in [1.165, 1.54) is 0 Å². The van der Waals surface area contributed by atoms with Crippen molar-refractivity contribution in [3.63, 3.8) is 0 Å². The smallest absolute Gasteiger partial charge is 0.310 e. The highest BCUT2D eigenvalue weighted by Crippen LogP contribution is 3.02. The molecule has 258 valence electrons. The standard InChI is InChI=1S/C34H48F5NO4SSi/c1-32(2,3)46(6,7)44-26-21-33(4,5)20-25-27(26)29-28(30(40-25)22-12-16-41-17-13-22)31(43-34(29)14-18-42-19-15-34)23-8-10-24(11-9-23)45(35,36,37,38)39/h8-11,22,26,31H,12-21H2,1-7H3/t26-,31+/m0/s1. The number of rotatable bonds is 5. The largest absolute Gasteiger partial charge is 0.410 e. The first-order valence-electron chi connectivity index (χ1n) is 16.4. The molecule has 1 aromatic carbocycles. The maximum atomic E-state index is 13.7. The fourth-order valence-electron chi connectivity index (χ4n) is 7.51. The van der Waals surface area contributed by atoms with E-state index in [1.54, 1.807) is 0 Å². The molecule has 2 atom stereocenters. The van der Waals surface area contributed by atoms with Gasteiger partial charge in [-0.3, -0.25) is 4.98 Å². The number of ether oxygens (including phenoxy) is 3. The third-order valence-electron chi connectivity index (χ3n) is 10.9. The van der Waals surface area contributed by atoms with Crippen LogP contribution in [-0.2, 0) is 30.7 Å². The van der Waals surface area contributed by atoms with E-state index in [0.29, 0.717) is 57.0 Å². The van der Waals surface area contributed by atoms with Gasteiger partial charge in [0.1, 0.15) is 11.0 Å². The number of benzene rings is 1. The number of aromatic nitrogens is 1. The number of fused-ring (bicyclic) bond motifs is 4. The fraction of sp³-hybridized carbons (Fsp3) is 0.676. The third kappa shape index (κ3) is 6.31. The summed E-state index contributed by atoms with van der Waals surface area (Å²) in [7, 11) is -12.1. The first-order valence-corrected chi connectivity index (χ1v) is 21.3. The number of hydrogen-bond acceptors (Lipinski definition) is 5. The summed E-state index contributed by atoms with van der Waals surface area (Å²) in [5, 5.41) is -0.0343. The van der Waals surface area contributed by atoms with E-state index in [0.717, 1.165) is 65.9 Å². The highest BCUT2D eigenvalue weighted by atomic mass is 32.5. The van der Waals surface area contributed by atoms with E-state index in [4.69, 9.17) is 23.6 Å². The zero-order valence-electron chi connectivity index (χ0n) is 28.0. The summed E-state index contributed by atoms with van der Waals surface area (Å²) in [5.41, 5.74) is 4.45. The van der Waals surface area contributed by atoms with Crippen LogP contribution in [0.3, 0.4) is 0 Å². The van der Waals surface area contributed by atoms with Crippen molar-refractivity contribution in [1.29, 1.82) is 0 Å². The predicted octanol–water partition coefficient (Wildman–Crippen LogP) is 10.8. The first kappa shape index (κ1) is 34.3. The minimum absolute atomic E-state index is 0.0343. The molecule has 0 N–H and O–H groups in total. The number of hydrogen-bond donors (Lipinski definition) is 0. The Balaban J connectivity index is 1.60. The number of nitrogens with zero attached hydrogens (tertiary/aromatic N) is 1. The first-order chi connectivity index (χ1) is 21.0. The summed E-state index contributed by atoms with van der Waals surface area (Å²) >= 11 is 0. The lowest BCUT2D eigenvalue weighted by molar-refractivity contribution is -0.122. The molecule has 0 bridgehead atoms. The van der Waals surface area contributed by atoms with Crippen LogP contribution in [0.15, 0.2) is 29.2 Å². The topological polar surface area (TPSA) is 49.8 Å². The molecule has 3 aliphatic heterocycles. The van der Waals surface area contributed by atoms with Gasteiger partial charge in [-0.2, -0.15) is 0 Å². The molecule has 6 rings (SSSR count). The van der Waals surface area contributed by atoms with Crippen molar-refractivity contribution in [1.82, 2.24) is 4.98 Å². The van der Waals surface area contributed by atoms with Crippen LogP contribution in [0, 0.1) is 5.41 Å². The summed E-state index contributed by atoms with van der Waals surface area (Å²) in [6, 6.07) is 3.31. The maximum absolute atomic E-state index is 13.7. The van der Waals surface area contributed by atoms with Gasteiger partial charge < -0.3 is 18.6 Å². The average Bonchev–Trinajstić information content (AvgIpc) is 3.24. The SMILES string of the molecule is CC1(C)Cc2nc(C3CCOCC3)c3c(c2[C@@H](O[Si](C)(C)C(C)(C)C)C1)C1(CCOCC1)O[C@@H]3c1ccc(S(F)(F)(F)(F)F)cc1. The molecule has 1 aliphatic carbocycles. The molecule has 1 spiro atoms. The van der Waals surface area contributed by atoms with E-state index < -0.39 is 35.1 Å². The quantitative estimate of drug-likeness (QED) is 0.231. The Labute approximate surface area is 270 Å². The summed E-state index contributed by atoms with van der Waals surface area (Å²) in [6.45, 7) is 17.8. The molecule has 4 aliphatic rings. The van der Waals surface area contributed by atoms with Crippen LogP contribution in [0.1, 0.15) is 118 Å². The third-order valence-corrected chi connectivity index (χ3v) is 16.6. The van der Waals surface area contributed by atoms with Crippen LogP contribution in [0.4, 0.5) is 19.4 Å². The lowest BCUT2D eigenvalue weighted by Crippen LogP contribution is -2.45. The summed E-state index contributed by atoms with van der Waals surface area (Å²) in [4.78, 5) is 3.55. The molecular formula is C34H48F5NO4SSi. The second kappa shape index (κ2) is 10.5. The zero-order chi connectivity index (χ0) is 33.6. The van der Waals surface area contributed by atoms with Crippen LogP contribution >= 0.6 is 10.2 Å². The van der Waals surface area contributed by atoms with Gasteiger partial charge >= 0.3 is 10.2 Å². The second-order valence-corrected chi connectivity index (χ2v) is 23.3. The Bertz CT molecular complexity index is 1500. The molecule has 2 aromatic rings. The van der Waals surface area contributed by atoms with Gasteiger partial charge in [0.05, 0.1) is 17.4 Å². The van der Waals surface area contributed by atoms with Crippen molar-refractivity contribution in [3.8, 4) is 0 Å². The molecular weight excluding hydrogens is 642 g/mol. The monoisotopic (exact) mass is 689 g/mol. The van der Waals surface area contributed by atoms with Gasteiger partial charge in [0, 0.05) is 62.0 Å². The fourth-order valence-corrected chi connectivity index (χ4v) is 9.43. The molecule has 12 heteroatoms. The minimum Gasteiger partial charge on any atom is -0.410 e. The van der Waals surface area contributed by atoms with Crippen molar-refractivity contribution >= 4 is 18.5 Å². The van der Waals surface area contributed by atoms with Crippen molar-refractivity contribution in [3.05, 3.63) is 57.9 Å². The van der Waals surface area contributed by atoms with Crippen LogP contribution in [0.25, 0.3) is 0 Å². The van der Waals surface area contributed by atoms with Gasteiger partial charge in [-0.1, -0.05) is 66.2 Å². The molecule has 1 aromatic heterocycles. The van der Waals surface area contributed by atoms with Gasteiger partial charge in [-0.15, -0.1) is 0 Å². The number of halogens is 5. The highest BCUT2D eigenvalue weighted by molar-refractivity contribution is 8.45. The lowest BCUT2D eigenvalue weighted by Gasteiger charge is -2.46. The number of pyridine rings is 1. The minimum atomic E-state index is -9.84. The van der Waals surface area contributed by atoms with Crippen molar-refractivity contribution in [2.75, 3.05) is 26.4 Å². The highest BCUT2D eigenvalue weighted by Gasteiger charge is 2.65. The zero-order valence-corrected chi connectivity index (χ0v) is 29.8. The maximum Gasteiger partial charge on any atom is 0.310 e. The van der Waals surface area contributed by atoms with Crippen molar-refractivity contribution in [2.24, 2.45) is 5.41 Å². The molecule has 46 heavy (non-hydrogen) atoms. The van der Waals surface area contributed by atoms with E-state index in [2.05, 4.69) is 47.7 Å². The molecule has 5 nitrogen and oxygen atoms in total. The van der Waals surface area contributed by atoms with Gasteiger partial charge in [0.15, 0.2) is 8.32 Å². The Morgan fingerprint density at radius 2 is 1.48 bits per heavy atom. The molecule has 0 saturated carbocycles. The van der Waals surface area contributed by atoms with Crippen molar-refractivity contribution in [2.45, 2.75) is 120 Å². The van der Waals surface area contributed by atoms with Crippen molar-refractivity contribution < 1.29 is 38.1 Å². The van der Waals surface area contributed by atoms with Crippen LogP contribution < -0.4 is 0 Å². The van der Waals surface area contributed by atoms with Crippen LogP contribution in [0.5, 0.6) is 0 Å². The van der Waals surface area contributed by atoms with Crippen LogP contribution in [0.2, 0.25) is 18.1 Å². The Morgan fingerprint density at radius 3 is 2.04 bits per heavy atom. The van der Waals surface area contributed by atoms with Gasteiger partial charge in [-0.25, -0.2) is 0 Å². The van der Waals surface area contributed by atoms with E-state index in [-0.39, 0.29) is 22.5 Å². The van der Waals surface area contributed by atoms with Crippen LogP contribution in [-0.4, -0.2) is 39.7 Å². The summed E-state index contributed by atoms with van der Waals surface area (Å²) in [6.07, 6.45) is 3.23. The molecule has 2 saturated heterocycles. The van der Waals surface area contributed by atoms with E-state index in [1.807, 2.05) is 0 Å². The van der Waals surface area contributed by atoms with E-state index in [9.17, 15) is 19.4 Å². The Hall–Kier alpha value is -1.57. The molecule has 0 unspecified atom stereocenters. The van der Waals surface area contributed by atoms with Gasteiger partial charge in [-0.05, 0) is 72.5 Å². The Kier molecular flexibility index (Phi) is 7.80. The molecule has 0 radical (unpaired) electrons. The molecule has 0 amide bonds. The summed E-state index contributed by atoms with van der Waals surface area (Å²) < 4.78 is 94.5. The summed E-state index contributed by atoms with van der Waals surface area (Å²) in [5.74, 6) is 0.0719. The lowest BCUT2D eigenvalue weighted by atomic mass is 9.69. The molecule has 4 heterocycles.